The van der Waals surface area contributed by atoms with Crippen LogP contribution in [0.15, 0.2) is 28.7 Å². The summed E-state index contributed by atoms with van der Waals surface area (Å²) in [7, 11) is 0. The largest absolute Gasteiger partial charge is 0.423 e. The average Bonchev–Trinajstić information content (AvgIpc) is 2.93. The van der Waals surface area contributed by atoms with E-state index in [9.17, 15) is 0 Å². The Morgan fingerprint density at radius 2 is 2.00 bits per heavy atom. The monoisotopic (exact) mass is 274 g/mol. The zero-order valence-electron chi connectivity index (χ0n) is 12.0. The number of aromatic nitrogens is 1. The Kier molecular flexibility index (Phi) is 3.89. The molecule has 0 bridgehead atoms. The van der Waals surface area contributed by atoms with Crippen molar-refractivity contribution in [3.63, 3.8) is 0 Å². The Bertz CT molecular complexity index is 523. The van der Waals surface area contributed by atoms with Crippen molar-refractivity contribution in [2.75, 3.05) is 37.6 Å². The second-order valence-corrected chi connectivity index (χ2v) is 5.28. The van der Waals surface area contributed by atoms with Crippen molar-refractivity contribution in [2.45, 2.75) is 19.4 Å². The van der Waals surface area contributed by atoms with E-state index in [-0.39, 0.29) is 0 Å². The summed E-state index contributed by atoms with van der Waals surface area (Å²) in [4.78, 5) is 9.26. The lowest BCUT2D eigenvalue weighted by Crippen LogP contribution is -2.52. The van der Waals surface area contributed by atoms with Crippen LogP contribution in [0, 0.1) is 0 Å². The molecule has 2 aromatic rings. The summed E-state index contributed by atoms with van der Waals surface area (Å²) < 4.78 is 5.83. The molecule has 20 heavy (non-hydrogen) atoms. The first-order valence-corrected chi connectivity index (χ1v) is 7.36. The predicted molar refractivity (Wildman–Crippen MR) is 80.9 cm³/mol. The van der Waals surface area contributed by atoms with Gasteiger partial charge < -0.3 is 15.1 Å². The van der Waals surface area contributed by atoms with Gasteiger partial charge in [0.25, 0.3) is 6.01 Å². The van der Waals surface area contributed by atoms with Crippen LogP contribution >= 0.6 is 0 Å². The maximum Gasteiger partial charge on any atom is 0.298 e. The number of nitrogens with zero attached hydrogens (tertiary/aromatic N) is 3. The molecule has 1 saturated heterocycles. The molecule has 5 nitrogen and oxygen atoms in total. The highest BCUT2D eigenvalue weighted by Gasteiger charge is 2.24. The summed E-state index contributed by atoms with van der Waals surface area (Å²) in [6.45, 7) is 6.87. The Morgan fingerprint density at radius 3 is 2.65 bits per heavy atom. The van der Waals surface area contributed by atoms with Gasteiger partial charge in [-0.2, -0.15) is 4.98 Å². The fraction of sp³-hybridized carbons (Fsp3) is 0.533. The summed E-state index contributed by atoms with van der Waals surface area (Å²) >= 11 is 0. The maximum absolute atomic E-state index is 5.83. The van der Waals surface area contributed by atoms with E-state index in [2.05, 4.69) is 21.7 Å². The number of nitrogens with two attached hydrogens (primary N) is 1. The van der Waals surface area contributed by atoms with Crippen LogP contribution in [0.25, 0.3) is 11.1 Å². The first kappa shape index (κ1) is 13.4. The van der Waals surface area contributed by atoms with Crippen molar-refractivity contribution in [1.82, 2.24) is 9.88 Å². The van der Waals surface area contributed by atoms with Gasteiger partial charge in [0.2, 0.25) is 0 Å². The van der Waals surface area contributed by atoms with Gasteiger partial charge in [-0.1, -0.05) is 19.1 Å². The number of oxazole rings is 1. The Morgan fingerprint density at radius 1 is 1.25 bits per heavy atom. The number of benzene rings is 1. The normalized spacial score (nSPS) is 18.6. The first-order valence-electron chi connectivity index (χ1n) is 7.36. The van der Waals surface area contributed by atoms with Crippen molar-refractivity contribution in [3.05, 3.63) is 24.3 Å². The summed E-state index contributed by atoms with van der Waals surface area (Å²) in [6.07, 6.45) is 1.11. The van der Waals surface area contributed by atoms with E-state index in [0.29, 0.717) is 6.04 Å². The second-order valence-electron chi connectivity index (χ2n) is 5.28. The van der Waals surface area contributed by atoms with Crippen molar-refractivity contribution in [3.8, 4) is 0 Å². The highest BCUT2D eigenvalue weighted by atomic mass is 16.4. The van der Waals surface area contributed by atoms with Crippen molar-refractivity contribution in [1.29, 1.82) is 0 Å². The zero-order chi connectivity index (χ0) is 13.9. The summed E-state index contributed by atoms with van der Waals surface area (Å²) in [5.74, 6) is 0. The highest BCUT2D eigenvalue weighted by Crippen LogP contribution is 2.22. The van der Waals surface area contributed by atoms with Gasteiger partial charge in [-0.3, -0.25) is 4.90 Å². The van der Waals surface area contributed by atoms with E-state index >= 15 is 0 Å². The molecule has 0 radical (unpaired) electrons. The van der Waals surface area contributed by atoms with Crippen LogP contribution in [0.5, 0.6) is 0 Å². The number of hydrogen-bond acceptors (Lipinski definition) is 5. The Hall–Kier alpha value is -1.59. The highest BCUT2D eigenvalue weighted by molar-refractivity contribution is 5.74. The van der Waals surface area contributed by atoms with Gasteiger partial charge in [0.05, 0.1) is 0 Å². The lowest BCUT2D eigenvalue weighted by Gasteiger charge is -2.38. The van der Waals surface area contributed by atoms with E-state index in [1.165, 1.54) is 0 Å². The molecule has 2 heterocycles. The summed E-state index contributed by atoms with van der Waals surface area (Å²) in [5.41, 5.74) is 7.61. The minimum Gasteiger partial charge on any atom is -0.423 e. The molecule has 2 N–H and O–H groups in total. The maximum atomic E-state index is 5.83. The fourth-order valence-electron chi connectivity index (χ4n) is 2.85. The molecule has 0 amide bonds. The molecular formula is C15H22N4O. The van der Waals surface area contributed by atoms with E-state index in [4.69, 9.17) is 10.2 Å². The van der Waals surface area contributed by atoms with E-state index in [0.717, 1.165) is 56.3 Å². The third-order valence-electron chi connectivity index (χ3n) is 4.13. The first-order chi connectivity index (χ1) is 9.81. The summed E-state index contributed by atoms with van der Waals surface area (Å²) in [6, 6.07) is 9.15. The molecular weight excluding hydrogens is 252 g/mol. The van der Waals surface area contributed by atoms with E-state index in [1.807, 2.05) is 24.3 Å². The van der Waals surface area contributed by atoms with Crippen LogP contribution in [0.1, 0.15) is 13.3 Å². The molecule has 5 heteroatoms. The van der Waals surface area contributed by atoms with Crippen LogP contribution in [0.2, 0.25) is 0 Å². The summed E-state index contributed by atoms with van der Waals surface area (Å²) in [5, 5.41) is 0. The zero-order valence-corrected chi connectivity index (χ0v) is 12.0. The van der Waals surface area contributed by atoms with Gasteiger partial charge in [-0.15, -0.1) is 0 Å². The molecule has 0 aliphatic carbocycles. The van der Waals surface area contributed by atoms with Gasteiger partial charge in [0.1, 0.15) is 5.52 Å². The van der Waals surface area contributed by atoms with Crippen molar-refractivity contribution in [2.24, 2.45) is 5.73 Å². The van der Waals surface area contributed by atoms with Gasteiger partial charge in [-0.05, 0) is 18.6 Å². The molecule has 1 aliphatic heterocycles. The van der Waals surface area contributed by atoms with Crippen LogP contribution in [-0.2, 0) is 0 Å². The number of fused-ring (bicyclic) bond motifs is 1. The van der Waals surface area contributed by atoms with Crippen molar-refractivity contribution < 1.29 is 4.42 Å². The van der Waals surface area contributed by atoms with E-state index < -0.39 is 0 Å². The molecule has 1 aromatic carbocycles. The molecule has 0 saturated carbocycles. The van der Waals surface area contributed by atoms with Gasteiger partial charge in [-0.25, -0.2) is 0 Å². The minimum absolute atomic E-state index is 0.501. The second kappa shape index (κ2) is 5.81. The third kappa shape index (κ3) is 2.51. The molecule has 1 aliphatic rings. The molecule has 1 aromatic heterocycles. The molecule has 1 fully saturated rings. The van der Waals surface area contributed by atoms with Crippen LogP contribution in [-0.4, -0.2) is 48.6 Å². The number of piperazine rings is 1. The minimum atomic E-state index is 0.501. The molecule has 0 spiro atoms. The molecule has 108 valence electrons. The van der Waals surface area contributed by atoms with E-state index in [1.54, 1.807) is 0 Å². The number of para-hydroxylation sites is 2. The van der Waals surface area contributed by atoms with Crippen LogP contribution in [0.4, 0.5) is 6.01 Å². The lowest BCUT2D eigenvalue weighted by atomic mass is 10.1. The Balaban J connectivity index is 1.68. The average molecular weight is 274 g/mol. The Labute approximate surface area is 119 Å². The smallest absolute Gasteiger partial charge is 0.298 e. The molecule has 1 atom stereocenters. The quantitative estimate of drug-likeness (QED) is 0.919. The van der Waals surface area contributed by atoms with Crippen molar-refractivity contribution >= 4 is 17.1 Å². The van der Waals surface area contributed by atoms with Gasteiger partial charge in [0, 0.05) is 38.8 Å². The van der Waals surface area contributed by atoms with Gasteiger partial charge in [0.15, 0.2) is 5.58 Å². The van der Waals surface area contributed by atoms with Gasteiger partial charge >= 0.3 is 0 Å². The number of anilines is 1. The predicted octanol–water partition coefficient (Wildman–Crippen LogP) is 1.69. The number of rotatable bonds is 4. The molecule has 3 rings (SSSR count). The number of hydrogen-bond donors (Lipinski definition) is 1. The fourth-order valence-corrected chi connectivity index (χ4v) is 2.85. The SMILES string of the molecule is CCC(CN)N1CCN(c2nc3ccccc3o2)CC1. The lowest BCUT2D eigenvalue weighted by molar-refractivity contribution is 0.182. The van der Waals surface area contributed by atoms with Crippen LogP contribution < -0.4 is 10.6 Å². The standard InChI is InChI=1S/C15H22N4O/c1-2-12(11-16)18-7-9-19(10-8-18)15-17-13-5-3-4-6-14(13)20-15/h3-6,12H,2,7-11,16H2,1H3. The third-order valence-corrected chi connectivity index (χ3v) is 4.13. The molecule has 1 unspecified atom stereocenters. The van der Waals surface area contributed by atoms with Crippen LogP contribution in [0.3, 0.4) is 0 Å². The topological polar surface area (TPSA) is 58.5 Å².